The molecule has 2 atom stereocenters. The van der Waals surface area contributed by atoms with Gasteiger partial charge in [-0.25, -0.2) is 0 Å². The SMILES string of the molecule is CN1CCN([C@H]2CCN(Cc3ccccc3C#N)C[C@H]2CCCO)CC1. The third-order valence-electron chi connectivity index (χ3n) is 6.05. The second-order valence-electron chi connectivity index (χ2n) is 7.83. The van der Waals surface area contributed by atoms with E-state index in [2.05, 4.69) is 33.9 Å². The Morgan fingerprint density at radius 2 is 1.92 bits per heavy atom. The average Bonchev–Trinajstić information content (AvgIpc) is 2.68. The van der Waals surface area contributed by atoms with Crippen LogP contribution < -0.4 is 0 Å². The predicted molar refractivity (Wildman–Crippen MR) is 104 cm³/mol. The summed E-state index contributed by atoms with van der Waals surface area (Å²) in [6, 6.07) is 10.9. The van der Waals surface area contributed by atoms with Gasteiger partial charge in [0.15, 0.2) is 0 Å². The molecule has 0 aromatic heterocycles. The summed E-state index contributed by atoms with van der Waals surface area (Å²) in [5.41, 5.74) is 1.93. The Kier molecular flexibility index (Phi) is 7.04. The van der Waals surface area contributed by atoms with E-state index in [1.807, 2.05) is 18.2 Å². The van der Waals surface area contributed by atoms with E-state index in [9.17, 15) is 10.4 Å². The Morgan fingerprint density at radius 3 is 2.65 bits per heavy atom. The summed E-state index contributed by atoms with van der Waals surface area (Å²) in [5.74, 6) is 0.605. The van der Waals surface area contributed by atoms with Crippen molar-refractivity contribution in [2.24, 2.45) is 5.92 Å². The van der Waals surface area contributed by atoms with Crippen LogP contribution in [0.15, 0.2) is 24.3 Å². The molecule has 2 saturated heterocycles. The average molecular weight is 357 g/mol. The van der Waals surface area contributed by atoms with Crippen LogP contribution in [0.3, 0.4) is 0 Å². The van der Waals surface area contributed by atoms with Gasteiger partial charge < -0.3 is 10.0 Å². The van der Waals surface area contributed by atoms with Gasteiger partial charge in [-0.3, -0.25) is 9.80 Å². The van der Waals surface area contributed by atoms with Crippen molar-refractivity contribution in [2.75, 3.05) is 52.9 Å². The van der Waals surface area contributed by atoms with Crippen LogP contribution in [0.5, 0.6) is 0 Å². The van der Waals surface area contributed by atoms with Gasteiger partial charge in [-0.2, -0.15) is 5.26 Å². The lowest BCUT2D eigenvalue weighted by Crippen LogP contribution is -2.56. The van der Waals surface area contributed by atoms with E-state index in [1.54, 1.807) is 0 Å². The van der Waals surface area contributed by atoms with Gasteiger partial charge in [-0.1, -0.05) is 18.2 Å². The number of likely N-dealkylation sites (tertiary alicyclic amines) is 1. The molecule has 0 spiro atoms. The number of hydrogen-bond acceptors (Lipinski definition) is 5. The van der Waals surface area contributed by atoms with E-state index in [4.69, 9.17) is 0 Å². The molecule has 0 bridgehead atoms. The van der Waals surface area contributed by atoms with Gasteiger partial charge >= 0.3 is 0 Å². The monoisotopic (exact) mass is 356 g/mol. The normalized spacial score (nSPS) is 25.9. The molecular formula is C21H32N4O. The number of rotatable bonds is 6. The number of hydrogen-bond donors (Lipinski definition) is 1. The van der Waals surface area contributed by atoms with Crippen molar-refractivity contribution in [3.8, 4) is 6.07 Å². The summed E-state index contributed by atoms with van der Waals surface area (Å²) in [4.78, 5) is 7.60. The molecule has 2 fully saturated rings. The van der Waals surface area contributed by atoms with Crippen molar-refractivity contribution < 1.29 is 5.11 Å². The zero-order valence-corrected chi connectivity index (χ0v) is 16.0. The van der Waals surface area contributed by atoms with Crippen molar-refractivity contribution in [1.29, 1.82) is 5.26 Å². The second kappa shape index (κ2) is 9.48. The van der Waals surface area contributed by atoms with Gasteiger partial charge in [0.05, 0.1) is 11.6 Å². The summed E-state index contributed by atoms with van der Waals surface area (Å²) >= 11 is 0. The van der Waals surface area contributed by atoms with Crippen LogP contribution in [0.2, 0.25) is 0 Å². The summed E-state index contributed by atoms with van der Waals surface area (Å²) in [6.07, 6.45) is 3.16. The molecule has 2 aliphatic rings. The topological polar surface area (TPSA) is 53.7 Å². The number of likely N-dealkylation sites (N-methyl/N-ethyl adjacent to an activating group) is 1. The highest BCUT2D eigenvalue weighted by Crippen LogP contribution is 2.28. The molecule has 2 heterocycles. The number of benzene rings is 1. The van der Waals surface area contributed by atoms with Crippen molar-refractivity contribution in [2.45, 2.75) is 31.8 Å². The highest BCUT2D eigenvalue weighted by atomic mass is 16.2. The number of aliphatic hydroxyl groups excluding tert-OH is 1. The summed E-state index contributed by atoms with van der Waals surface area (Å²) in [6.45, 7) is 7.92. The van der Waals surface area contributed by atoms with Crippen LogP contribution in [0.25, 0.3) is 0 Å². The van der Waals surface area contributed by atoms with Gasteiger partial charge in [0.2, 0.25) is 0 Å². The molecule has 0 amide bonds. The largest absolute Gasteiger partial charge is 0.396 e. The Bertz CT molecular complexity index is 606. The Morgan fingerprint density at radius 1 is 1.15 bits per heavy atom. The van der Waals surface area contributed by atoms with Crippen LogP contribution in [0, 0.1) is 17.2 Å². The van der Waals surface area contributed by atoms with Gasteiger partial charge in [0, 0.05) is 51.9 Å². The lowest BCUT2D eigenvalue weighted by molar-refractivity contribution is 0.0211. The first-order chi connectivity index (χ1) is 12.7. The zero-order valence-electron chi connectivity index (χ0n) is 16.0. The first kappa shape index (κ1) is 19.3. The summed E-state index contributed by atoms with van der Waals surface area (Å²) in [5, 5.41) is 18.7. The van der Waals surface area contributed by atoms with Gasteiger partial charge in [-0.15, -0.1) is 0 Å². The molecule has 1 aromatic carbocycles. The lowest BCUT2D eigenvalue weighted by Gasteiger charge is -2.46. The number of piperidine rings is 1. The van der Waals surface area contributed by atoms with Gasteiger partial charge in [0.1, 0.15) is 0 Å². The smallest absolute Gasteiger partial charge is 0.0995 e. The van der Waals surface area contributed by atoms with Crippen molar-refractivity contribution >= 4 is 0 Å². The minimum atomic E-state index is 0.281. The van der Waals surface area contributed by atoms with Crippen LogP contribution >= 0.6 is 0 Å². The third-order valence-corrected chi connectivity index (χ3v) is 6.05. The molecule has 0 unspecified atom stereocenters. The fourth-order valence-electron chi connectivity index (χ4n) is 4.52. The number of aliphatic hydroxyl groups is 1. The molecule has 5 heteroatoms. The fraction of sp³-hybridized carbons (Fsp3) is 0.667. The zero-order chi connectivity index (χ0) is 18.4. The van der Waals surface area contributed by atoms with Crippen LogP contribution in [0.1, 0.15) is 30.4 Å². The maximum atomic E-state index is 9.34. The van der Waals surface area contributed by atoms with Crippen LogP contribution in [-0.4, -0.2) is 78.8 Å². The fourth-order valence-corrected chi connectivity index (χ4v) is 4.52. The minimum absolute atomic E-state index is 0.281. The molecule has 1 aromatic rings. The molecule has 142 valence electrons. The van der Waals surface area contributed by atoms with E-state index in [0.717, 1.165) is 69.8 Å². The molecule has 0 saturated carbocycles. The summed E-state index contributed by atoms with van der Waals surface area (Å²) < 4.78 is 0. The molecule has 3 rings (SSSR count). The van der Waals surface area contributed by atoms with Crippen molar-refractivity contribution in [3.05, 3.63) is 35.4 Å². The molecule has 5 nitrogen and oxygen atoms in total. The molecule has 0 aliphatic carbocycles. The highest BCUT2D eigenvalue weighted by Gasteiger charge is 2.34. The number of nitriles is 1. The predicted octanol–water partition coefficient (Wildman–Crippen LogP) is 1.77. The standard InChI is InChI=1S/C21H32N4O/c1-23-10-12-25(13-11-23)21-8-9-24(17-20(21)7-4-14-26)16-19-6-3-2-5-18(19)15-22/h2-3,5-6,20-21,26H,4,7-14,16-17H2,1H3/t20-,21+/m1/s1. The maximum Gasteiger partial charge on any atom is 0.0995 e. The Labute approximate surface area is 157 Å². The first-order valence-electron chi connectivity index (χ1n) is 9.95. The van der Waals surface area contributed by atoms with Crippen LogP contribution in [0.4, 0.5) is 0 Å². The molecular weight excluding hydrogens is 324 g/mol. The van der Waals surface area contributed by atoms with E-state index in [1.165, 1.54) is 6.42 Å². The second-order valence-corrected chi connectivity index (χ2v) is 7.83. The molecule has 26 heavy (non-hydrogen) atoms. The van der Waals surface area contributed by atoms with E-state index >= 15 is 0 Å². The first-order valence-corrected chi connectivity index (χ1v) is 9.95. The Hall–Kier alpha value is -1.45. The molecule has 0 radical (unpaired) electrons. The van der Waals surface area contributed by atoms with Gasteiger partial charge in [0.25, 0.3) is 0 Å². The summed E-state index contributed by atoms with van der Waals surface area (Å²) in [7, 11) is 2.20. The number of piperazine rings is 1. The van der Waals surface area contributed by atoms with Crippen LogP contribution in [-0.2, 0) is 6.54 Å². The van der Waals surface area contributed by atoms with E-state index in [-0.39, 0.29) is 6.61 Å². The maximum absolute atomic E-state index is 9.34. The highest BCUT2D eigenvalue weighted by molar-refractivity contribution is 5.37. The van der Waals surface area contributed by atoms with Crippen molar-refractivity contribution in [3.63, 3.8) is 0 Å². The quantitative estimate of drug-likeness (QED) is 0.842. The van der Waals surface area contributed by atoms with E-state index < -0.39 is 0 Å². The van der Waals surface area contributed by atoms with Gasteiger partial charge in [-0.05, 0) is 50.4 Å². The third kappa shape index (κ3) is 4.83. The molecule has 2 aliphatic heterocycles. The molecule has 1 N–H and O–H groups in total. The van der Waals surface area contributed by atoms with Crippen molar-refractivity contribution in [1.82, 2.24) is 14.7 Å². The Balaban J connectivity index is 1.64. The minimum Gasteiger partial charge on any atom is -0.396 e. The van der Waals surface area contributed by atoms with E-state index in [0.29, 0.717) is 12.0 Å². The number of nitrogens with zero attached hydrogens (tertiary/aromatic N) is 4. The lowest BCUT2D eigenvalue weighted by atomic mass is 9.86.